The molecule has 0 aromatic heterocycles. The highest BCUT2D eigenvalue weighted by atomic mass is 32.2. The molecular weight excluding hydrogens is 261 g/mol. The molecule has 0 radical (unpaired) electrons. The summed E-state index contributed by atoms with van der Waals surface area (Å²) in [4.78, 5) is 22.0. The summed E-state index contributed by atoms with van der Waals surface area (Å²) in [6.07, 6.45) is 0. The summed E-state index contributed by atoms with van der Waals surface area (Å²) in [7, 11) is -1.84. The number of nitrogens with two attached hydrogens (primary N) is 2. The molecule has 0 saturated carbocycles. The maximum absolute atomic E-state index is 13.1. The molecule has 1 rings (SSSR count). The van der Waals surface area contributed by atoms with E-state index in [1.165, 1.54) is 13.0 Å². The van der Waals surface area contributed by atoms with Crippen LogP contribution in [0, 0.1) is 5.82 Å². The molecule has 98 valence electrons. The summed E-state index contributed by atoms with van der Waals surface area (Å²) >= 11 is 0. The molecule has 0 fully saturated rings. The van der Waals surface area contributed by atoms with E-state index < -0.39 is 33.8 Å². The third-order valence-electron chi connectivity index (χ3n) is 2.06. The number of imide groups is 1. The van der Waals surface area contributed by atoms with Gasteiger partial charge in [0.05, 0.1) is 10.8 Å². The topological polar surface area (TPSA) is 115 Å². The van der Waals surface area contributed by atoms with Gasteiger partial charge in [-0.05, 0) is 25.1 Å². The number of anilines is 1. The molecule has 2 unspecified atom stereocenters. The van der Waals surface area contributed by atoms with Crippen LogP contribution in [0.15, 0.2) is 23.1 Å². The molecule has 0 bridgehead atoms. The summed E-state index contributed by atoms with van der Waals surface area (Å²) in [5, 5.41) is 0.748. The third-order valence-corrected chi connectivity index (χ3v) is 3.62. The second-order valence-electron chi connectivity index (χ2n) is 3.51. The Bertz CT molecular complexity index is 501. The van der Waals surface area contributed by atoms with Crippen molar-refractivity contribution in [3.63, 3.8) is 0 Å². The fourth-order valence-electron chi connectivity index (χ4n) is 1.22. The second-order valence-corrected chi connectivity index (χ2v) is 5.29. The van der Waals surface area contributed by atoms with Gasteiger partial charge in [0.1, 0.15) is 11.1 Å². The maximum atomic E-state index is 13.1. The number of urea groups is 1. The molecule has 8 heteroatoms. The largest absolute Gasteiger partial charge is 0.399 e. The minimum Gasteiger partial charge on any atom is -0.399 e. The van der Waals surface area contributed by atoms with Gasteiger partial charge in [0.15, 0.2) is 0 Å². The first kappa shape index (κ1) is 14.1. The molecule has 0 spiro atoms. The predicted molar refractivity (Wildman–Crippen MR) is 64.4 cm³/mol. The Morgan fingerprint density at radius 3 is 2.50 bits per heavy atom. The summed E-state index contributed by atoms with van der Waals surface area (Å²) in [5.41, 5.74) is 10.3. The molecule has 0 heterocycles. The number of benzene rings is 1. The fourth-order valence-corrected chi connectivity index (χ4v) is 2.37. The van der Waals surface area contributed by atoms with Gasteiger partial charge in [-0.25, -0.2) is 9.18 Å². The first-order valence-electron chi connectivity index (χ1n) is 4.88. The van der Waals surface area contributed by atoms with Crippen LogP contribution in [0.4, 0.5) is 14.9 Å². The van der Waals surface area contributed by atoms with Gasteiger partial charge in [-0.2, -0.15) is 0 Å². The van der Waals surface area contributed by atoms with Crippen molar-refractivity contribution in [3.8, 4) is 0 Å². The Balaban J connectivity index is 2.92. The van der Waals surface area contributed by atoms with Crippen molar-refractivity contribution in [3.05, 3.63) is 24.0 Å². The molecule has 0 saturated heterocycles. The van der Waals surface area contributed by atoms with Gasteiger partial charge in [0, 0.05) is 10.6 Å². The zero-order chi connectivity index (χ0) is 13.9. The van der Waals surface area contributed by atoms with Crippen LogP contribution in [0.25, 0.3) is 0 Å². The number of nitrogens with one attached hydrogen (secondary N) is 1. The zero-order valence-corrected chi connectivity index (χ0v) is 10.3. The second kappa shape index (κ2) is 5.58. The van der Waals surface area contributed by atoms with Crippen LogP contribution in [-0.4, -0.2) is 21.4 Å². The number of hydrogen-bond donors (Lipinski definition) is 3. The number of amides is 3. The van der Waals surface area contributed by atoms with Gasteiger partial charge in [-0.15, -0.1) is 0 Å². The lowest BCUT2D eigenvalue weighted by Gasteiger charge is -2.10. The minimum absolute atomic E-state index is 0.0691. The van der Waals surface area contributed by atoms with Crippen LogP contribution >= 0.6 is 0 Å². The lowest BCUT2D eigenvalue weighted by Crippen LogP contribution is -2.42. The van der Waals surface area contributed by atoms with Crippen molar-refractivity contribution in [2.75, 3.05) is 5.73 Å². The molecule has 2 atom stereocenters. The van der Waals surface area contributed by atoms with Gasteiger partial charge in [-0.1, -0.05) is 0 Å². The molecule has 0 aliphatic heterocycles. The van der Waals surface area contributed by atoms with Gasteiger partial charge < -0.3 is 11.5 Å². The van der Waals surface area contributed by atoms with Crippen molar-refractivity contribution in [1.82, 2.24) is 5.32 Å². The Labute approximate surface area is 105 Å². The van der Waals surface area contributed by atoms with Crippen molar-refractivity contribution < 1.29 is 18.2 Å². The number of nitrogen functional groups attached to an aromatic ring is 1. The molecular formula is C10H12FN3O3S. The molecule has 1 aromatic rings. The number of primary amides is 1. The Hall–Kier alpha value is -1.96. The normalized spacial score (nSPS) is 13.7. The number of halogens is 1. The van der Waals surface area contributed by atoms with Crippen molar-refractivity contribution >= 4 is 28.4 Å². The molecule has 0 aliphatic rings. The van der Waals surface area contributed by atoms with Crippen LogP contribution in [0.5, 0.6) is 0 Å². The van der Waals surface area contributed by atoms with E-state index in [1.807, 2.05) is 0 Å². The van der Waals surface area contributed by atoms with Crippen LogP contribution in [-0.2, 0) is 15.6 Å². The molecule has 6 nitrogen and oxygen atoms in total. The summed E-state index contributed by atoms with van der Waals surface area (Å²) in [5.74, 6) is -1.45. The maximum Gasteiger partial charge on any atom is 0.318 e. The first-order valence-corrected chi connectivity index (χ1v) is 6.09. The van der Waals surface area contributed by atoms with E-state index in [-0.39, 0.29) is 10.6 Å². The van der Waals surface area contributed by atoms with Gasteiger partial charge in [0.2, 0.25) is 5.91 Å². The van der Waals surface area contributed by atoms with Crippen LogP contribution in [0.1, 0.15) is 6.92 Å². The number of carbonyl (C=O) groups excluding carboxylic acids is 2. The van der Waals surface area contributed by atoms with E-state index in [1.54, 1.807) is 5.32 Å². The summed E-state index contributed by atoms with van der Waals surface area (Å²) < 4.78 is 25.0. The van der Waals surface area contributed by atoms with E-state index in [0.29, 0.717) is 0 Å². The molecule has 18 heavy (non-hydrogen) atoms. The predicted octanol–water partition coefficient (Wildman–Crippen LogP) is 0.0989. The highest BCUT2D eigenvalue weighted by Crippen LogP contribution is 2.17. The van der Waals surface area contributed by atoms with E-state index in [2.05, 4.69) is 0 Å². The molecule has 5 N–H and O–H groups in total. The van der Waals surface area contributed by atoms with Gasteiger partial charge >= 0.3 is 6.03 Å². The van der Waals surface area contributed by atoms with Crippen molar-refractivity contribution in [2.45, 2.75) is 17.1 Å². The van der Waals surface area contributed by atoms with Crippen LogP contribution < -0.4 is 16.8 Å². The van der Waals surface area contributed by atoms with Crippen molar-refractivity contribution in [1.29, 1.82) is 0 Å². The van der Waals surface area contributed by atoms with Gasteiger partial charge in [-0.3, -0.25) is 14.3 Å². The highest BCUT2D eigenvalue weighted by molar-refractivity contribution is 7.86. The number of rotatable bonds is 3. The molecule has 0 aliphatic carbocycles. The Morgan fingerprint density at radius 2 is 2.00 bits per heavy atom. The zero-order valence-electron chi connectivity index (χ0n) is 9.48. The average molecular weight is 273 g/mol. The lowest BCUT2D eigenvalue weighted by molar-refractivity contribution is -0.119. The minimum atomic E-state index is -1.84. The van der Waals surface area contributed by atoms with E-state index in [0.717, 1.165) is 12.1 Å². The number of hydrogen-bond acceptors (Lipinski definition) is 4. The first-order chi connectivity index (χ1) is 8.31. The smallest absolute Gasteiger partial charge is 0.318 e. The summed E-state index contributed by atoms with van der Waals surface area (Å²) in [6.45, 7) is 1.33. The van der Waals surface area contributed by atoms with Crippen molar-refractivity contribution in [2.24, 2.45) is 5.73 Å². The fraction of sp³-hybridized carbons (Fsp3) is 0.200. The highest BCUT2D eigenvalue weighted by Gasteiger charge is 2.23. The average Bonchev–Trinajstić information content (AvgIpc) is 2.24. The standard InChI is InChI=1S/C10H12FN3O3S/c1-5(9(15)14-10(13)16)18(17)8-3-6(11)2-7(12)4-8/h2-5H,12H2,1H3,(H3,13,14,15,16). The quantitative estimate of drug-likeness (QED) is 0.677. The van der Waals surface area contributed by atoms with Crippen LogP contribution in [0.3, 0.4) is 0 Å². The van der Waals surface area contributed by atoms with E-state index in [4.69, 9.17) is 11.5 Å². The lowest BCUT2D eigenvalue weighted by atomic mass is 10.3. The van der Waals surface area contributed by atoms with E-state index >= 15 is 0 Å². The number of carbonyl (C=O) groups is 2. The monoisotopic (exact) mass is 273 g/mol. The third kappa shape index (κ3) is 3.52. The van der Waals surface area contributed by atoms with Crippen LogP contribution in [0.2, 0.25) is 0 Å². The van der Waals surface area contributed by atoms with E-state index in [9.17, 15) is 18.2 Å². The Kier molecular flexibility index (Phi) is 4.38. The van der Waals surface area contributed by atoms with Gasteiger partial charge in [0.25, 0.3) is 0 Å². The SMILES string of the molecule is CC(C(=O)NC(N)=O)S(=O)c1cc(N)cc(F)c1. The summed E-state index contributed by atoms with van der Waals surface area (Å²) in [6, 6.07) is 2.34. The Morgan fingerprint density at radius 1 is 1.39 bits per heavy atom. The molecule has 1 aromatic carbocycles. The molecule has 3 amide bonds.